The number of hydrogen-bond acceptors (Lipinski definition) is 3. The zero-order chi connectivity index (χ0) is 19.0. The van der Waals surface area contributed by atoms with Crippen molar-refractivity contribution in [1.82, 2.24) is 10.2 Å². The Bertz CT molecular complexity index is 868. The topological polar surface area (TPSA) is 78.7 Å². The summed E-state index contributed by atoms with van der Waals surface area (Å²) in [5.74, 6) is 0.106. The first-order valence-electron chi connectivity index (χ1n) is 9.30. The van der Waals surface area contributed by atoms with Crippen LogP contribution in [0.4, 0.5) is 10.5 Å². The molecule has 6 nitrogen and oxygen atoms in total. The smallest absolute Gasteiger partial charge is 0.322 e. The molecule has 0 aromatic heterocycles. The molecule has 2 saturated heterocycles. The van der Waals surface area contributed by atoms with Crippen LogP contribution in [-0.4, -0.2) is 49.1 Å². The second kappa shape index (κ2) is 7.04. The summed E-state index contributed by atoms with van der Waals surface area (Å²) in [5.41, 5.74) is 9.86. The maximum absolute atomic E-state index is 13.1. The summed E-state index contributed by atoms with van der Waals surface area (Å²) in [5, 5.41) is 2.80. The normalized spacial score (nSPS) is 22.2. The highest BCUT2D eigenvalue weighted by Gasteiger charge is 2.34. The first-order chi connectivity index (χ1) is 13.0. The largest absolute Gasteiger partial charge is 0.336 e. The Labute approximate surface area is 158 Å². The lowest BCUT2D eigenvalue weighted by molar-refractivity contribution is 0.0789. The van der Waals surface area contributed by atoms with Crippen LogP contribution < -0.4 is 16.0 Å². The number of rotatable bonds is 3. The number of hydrogen-bond donors (Lipinski definition) is 2. The number of likely N-dealkylation sites (tertiary alicyclic amines) is 1. The molecule has 0 saturated carbocycles. The van der Waals surface area contributed by atoms with Crippen molar-refractivity contribution < 1.29 is 9.59 Å². The molecule has 27 heavy (non-hydrogen) atoms. The minimum absolute atomic E-state index is 0.0373. The van der Waals surface area contributed by atoms with Gasteiger partial charge in [0, 0.05) is 49.4 Å². The van der Waals surface area contributed by atoms with Crippen LogP contribution in [0.25, 0.3) is 0 Å². The molecule has 2 aromatic rings. The molecule has 2 heterocycles. The highest BCUT2D eigenvalue weighted by molar-refractivity contribution is 5.99. The SMILES string of the molecule is Cc1ccc(C(=O)N2C[C@H](c3ccccc3)[C@@H](N)C2)cc1N1CCNC1=O. The van der Waals surface area contributed by atoms with Crippen molar-refractivity contribution in [2.24, 2.45) is 5.73 Å². The van der Waals surface area contributed by atoms with Gasteiger partial charge in [-0.25, -0.2) is 4.79 Å². The standard InChI is InChI=1S/C21H24N4O2/c1-14-7-8-16(11-19(14)25-10-9-23-21(25)27)20(26)24-12-17(18(22)13-24)15-5-3-2-4-6-15/h2-8,11,17-18H,9-10,12-13,22H2,1H3,(H,23,27)/t17-,18+/m1/s1. The lowest BCUT2D eigenvalue weighted by Crippen LogP contribution is -2.32. The Balaban J connectivity index is 1.56. The van der Waals surface area contributed by atoms with E-state index in [-0.39, 0.29) is 23.9 Å². The number of urea groups is 1. The van der Waals surface area contributed by atoms with Crippen LogP contribution in [0.3, 0.4) is 0 Å². The number of nitrogens with zero attached hydrogens (tertiary/aromatic N) is 2. The molecule has 0 bridgehead atoms. The van der Waals surface area contributed by atoms with Gasteiger partial charge in [-0.15, -0.1) is 0 Å². The van der Waals surface area contributed by atoms with Gasteiger partial charge in [0.05, 0.1) is 0 Å². The van der Waals surface area contributed by atoms with E-state index in [0.29, 0.717) is 31.7 Å². The number of carbonyl (C=O) groups excluding carboxylic acids is 2. The number of benzene rings is 2. The molecule has 3 N–H and O–H groups in total. The fourth-order valence-electron chi connectivity index (χ4n) is 3.97. The van der Waals surface area contributed by atoms with Crippen molar-refractivity contribution in [3.05, 3.63) is 65.2 Å². The second-order valence-corrected chi connectivity index (χ2v) is 7.28. The first-order valence-corrected chi connectivity index (χ1v) is 9.30. The number of nitrogens with two attached hydrogens (primary N) is 1. The maximum Gasteiger partial charge on any atom is 0.322 e. The second-order valence-electron chi connectivity index (χ2n) is 7.28. The molecule has 2 atom stereocenters. The monoisotopic (exact) mass is 364 g/mol. The van der Waals surface area contributed by atoms with Gasteiger partial charge >= 0.3 is 6.03 Å². The van der Waals surface area contributed by atoms with Crippen molar-refractivity contribution >= 4 is 17.6 Å². The van der Waals surface area contributed by atoms with Gasteiger partial charge in [-0.1, -0.05) is 36.4 Å². The summed E-state index contributed by atoms with van der Waals surface area (Å²) in [4.78, 5) is 28.6. The minimum atomic E-state index is -0.116. The maximum atomic E-state index is 13.1. The van der Waals surface area contributed by atoms with Gasteiger partial charge in [0.2, 0.25) is 0 Å². The third-order valence-electron chi connectivity index (χ3n) is 5.48. The summed E-state index contributed by atoms with van der Waals surface area (Å²) >= 11 is 0. The van der Waals surface area contributed by atoms with Crippen LogP contribution in [0.15, 0.2) is 48.5 Å². The van der Waals surface area contributed by atoms with E-state index >= 15 is 0 Å². The fraction of sp³-hybridized carbons (Fsp3) is 0.333. The number of carbonyl (C=O) groups is 2. The summed E-state index contributed by atoms with van der Waals surface area (Å²) in [6, 6.07) is 15.5. The van der Waals surface area contributed by atoms with Crippen molar-refractivity contribution in [1.29, 1.82) is 0 Å². The van der Waals surface area contributed by atoms with E-state index in [1.54, 1.807) is 4.90 Å². The van der Waals surface area contributed by atoms with E-state index < -0.39 is 0 Å². The van der Waals surface area contributed by atoms with E-state index in [4.69, 9.17) is 5.73 Å². The van der Waals surface area contributed by atoms with Crippen LogP contribution in [-0.2, 0) is 0 Å². The van der Waals surface area contributed by atoms with Gasteiger partial charge in [0.25, 0.3) is 5.91 Å². The molecule has 2 fully saturated rings. The van der Waals surface area contributed by atoms with Crippen molar-refractivity contribution in [2.75, 3.05) is 31.1 Å². The van der Waals surface area contributed by atoms with Gasteiger partial charge in [-0.2, -0.15) is 0 Å². The average Bonchev–Trinajstić information content (AvgIpc) is 3.28. The van der Waals surface area contributed by atoms with Gasteiger partial charge in [-0.05, 0) is 30.2 Å². The Morgan fingerprint density at radius 1 is 1.15 bits per heavy atom. The number of amides is 3. The molecule has 0 aliphatic carbocycles. The van der Waals surface area contributed by atoms with Crippen LogP contribution in [0.1, 0.15) is 27.4 Å². The number of nitrogens with one attached hydrogen (secondary N) is 1. The van der Waals surface area contributed by atoms with E-state index in [1.807, 2.05) is 48.2 Å². The predicted molar refractivity (Wildman–Crippen MR) is 105 cm³/mol. The average molecular weight is 364 g/mol. The molecule has 2 aromatic carbocycles. The zero-order valence-corrected chi connectivity index (χ0v) is 15.4. The molecular weight excluding hydrogens is 340 g/mol. The molecule has 2 aliphatic rings. The van der Waals surface area contributed by atoms with Crippen LogP contribution in [0, 0.1) is 6.92 Å². The summed E-state index contributed by atoms with van der Waals surface area (Å²) in [6.07, 6.45) is 0. The highest BCUT2D eigenvalue weighted by Crippen LogP contribution is 2.29. The number of aryl methyl sites for hydroxylation is 1. The van der Waals surface area contributed by atoms with Crippen molar-refractivity contribution in [3.8, 4) is 0 Å². The Kier molecular flexibility index (Phi) is 4.58. The van der Waals surface area contributed by atoms with Gasteiger partial charge in [0.1, 0.15) is 0 Å². The molecule has 0 unspecified atom stereocenters. The molecule has 3 amide bonds. The van der Waals surface area contributed by atoms with E-state index in [9.17, 15) is 9.59 Å². The van der Waals surface area contributed by atoms with Crippen LogP contribution >= 0.6 is 0 Å². The quantitative estimate of drug-likeness (QED) is 0.875. The number of anilines is 1. The third-order valence-corrected chi connectivity index (χ3v) is 5.48. The summed E-state index contributed by atoms with van der Waals surface area (Å²) in [7, 11) is 0. The lowest BCUT2D eigenvalue weighted by Gasteiger charge is -2.20. The summed E-state index contributed by atoms with van der Waals surface area (Å²) < 4.78 is 0. The summed E-state index contributed by atoms with van der Waals surface area (Å²) in [6.45, 7) is 4.33. The van der Waals surface area contributed by atoms with E-state index in [2.05, 4.69) is 17.4 Å². The van der Waals surface area contributed by atoms with E-state index in [0.717, 1.165) is 11.3 Å². The molecule has 0 radical (unpaired) electrons. The fourth-order valence-corrected chi connectivity index (χ4v) is 3.97. The molecule has 2 aliphatic heterocycles. The molecule has 0 spiro atoms. The van der Waals surface area contributed by atoms with Crippen LogP contribution in [0.5, 0.6) is 0 Å². The lowest BCUT2D eigenvalue weighted by atomic mass is 9.95. The molecule has 4 rings (SSSR count). The Hall–Kier alpha value is -2.86. The van der Waals surface area contributed by atoms with Gasteiger partial charge < -0.3 is 16.0 Å². The Morgan fingerprint density at radius 2 is 1.93 bits per heavy atom. The van der Waals surface area contributed by atoms with Crippen molar-refractivity contribution in [3.63, 3.8) is 0 Å². The van der Waals surface area contributed by atoms with Crippen molar-refractivity contribution in [2.45, 2.75) is 18.9 Å². The molecular formula is C21H24N4O2. The zero-order valence-electron chi connectivity index (χ0n) is 15.4. The molecule has 140 valence electrons. The predicted octanol–water partition coefficient (Wildman–Crippen LogP) is 2.09. The van der Waals surface area contributed by atoms with E-state index in [1.165, 1.54) is 5.56 Å². The van der Waals surface area contributed by atoms with Gasteiger partial charge in [0.15, 0.2) is 0 Å². The van der Waals surface area contributed by atoms with Crippen LogP contribution in [0.2, 0.25) is 0 Å². The molecule has 6 heteroatoms. The van der Waals surface area contributed by atoms with Gasteiger partial charge in [-0.3, -0.25) is 9.69 Å². The third kappa shape index (κ3) is 3.28. The first kappa shape index (κ1) is 17.5. The minimum Gasteiger partial charge on any atom is -0.336 e. The highest BCUT2D eigenvalue weighted by atomic mass is 16.2. The Morgan fingerprint density at radius 3 is 2.63 bits per heavy atom.